The summed E-state index contributed by atoms with van der Waals surface area (Å²) in [6.07, 6.45) is 3.42. The van der Waals surface area contributed by atoms with Crippen LogP contribution in [-0.2, 0) is 23.7 Å². The lowest BCUT2D eigenvalue weighted by atomic mass is 9.51. The van der Waals surface area contributed by atoms with Gasteiger partial charge in [-0.25, -0.2) is 0 Å². The van der Waals surface area contributed by atoms with Crippen molar-refractivity contribution in [3.8, 4) is 5.75 Å². The van der Waals surface area contributed by atoms with Crippen molar-refractivity contribution in [2.45, 2.75) is 50.9 Å². The molecule has 3 nitrogen and oxygen atoms in total. The molecular weight excluding hydrogens is 292 g/mol. The molecule has 1 aromatic heterocycles. The predicted octanol–water partition coefficient (Wildman–Crippen LogP) is 3.90. The molecule has 2 aliphatic carbocycles. The first-order valence-corrected chi connectivity index (χ1v) is 8.73. The predicted molar refractivity (Wildman–Crippen MR) is 88.8 cm³/mol. The minimum absolute atomic E-state index is 0.0795. The third kappa shape index (κ3) is 1.73. The lowest BCUT2D eigenvalue weighted by Gasteiger charge is -2.53. The van der Waals surface area contributed by atoms with Crippen LogP contribution in [0.3, 0.4) is 0 Å². The van der Waals surface area contributed by atoms with Gasteiger partial charge in [0.25, 0.3) is 0 Å². The maximum Gasteiger partial charge on any atom is 0.119 e. The Morgan fingerprint density at radius 3 is 2.86 bits per heavy atom. The summed E-state index contributed by atoms with van der Waals surface area (Å²) >= 11 is 1.57. The summed E-state index contributed by atoms with van der Waals surface area (Å²) in [6, 6.07) is 6.61. The number of ether oxygens (including phenoxy) is 1. The third-order valence-corrected chi connectivity index (χ3v) is 6.69. The van der Waals surface area contributed by atoms with Crippen LogP contribution in [0.1, 0.15) is 48.9 Å². The highest BCUT2D eigenvalue weighted by Crippen LogP contribution is 2.56. The van der Waals surface area contributed by atoms with Gasteiger partial charge in [-0.15, -0.1) is 5.10 Å². The summed E-state index contributed by atoms with van der Waals surface area (Å²) in [5.74, 6) is 1.56. The summed E-state index contributed by atoms with van der Waals surface area (Å²) in [5, 5.41) is 4.47. The van der Waals surface area contributed by atoms with Crippen LogP contribution in [0.15, 0.2) is 18.2 Å². The van der Waals surface area contributed by atoms with E-state index in [-0.39, 0.29) is 10.8 Å². The van der Waals surface area contributed by atoms with Gasteiger partial charge in [-0.2, -0.15) is 0 Å². The highest BCUT2D eigenvalue weighted by Gasteiger charge is 2.53. The van der Waals surface area contributed by atoms with Crippen LogP contribution in [0.25, 0.3) is 0 Å². The SMILES string of the molecule is COc1ccc2c(c1)[C@@]1(C)Cc3snnc3C(C)(C)[C@@H]1CC2. The van der Waals surface area contributed by atoms with E-state index in [0.717, 1.165) is 18.6 Å². The number of nitrogens with zero attached hydrogens (tertiary/aromatic N) is 2. The number of hydrogen-bond donors (Lipinski definition) is 0. The number of fused-ring (bicyclic) bond motifs is 4. The van der Waals surface area contributed by atoms with Gasteiger partial charge in [0.05, 0.1) is 17.7 Å². The van der Waals surface area contributed by atoms with Gasteiger partial charge in [-0.1, -0.05) is 31.3 Å². The quantitative estimate of drug-likeness (QED) is 0.801. The zero-order valence-corrected chi connectivity index (χ0v) is 14.5. The van der Waals surface area contributed by atoms with Crippen LogP contribution >= 0.6 is 11.5 Å². The monoisotopic (exact) mass is 314 g/mol. The first-order chi connectivity index (χ1) is 10.5. The normalized spacial score (nSPS) is 28.5. The average Bonchev–Trinajstić information content (AvgIpc) is 2.95. The molecule has 2 aliphatic rings. The van der Waals surface area contributed by atoms with E-state index < -0.39 is 0 Å². The lowest BCUT2D eigenvalue weighted by Crippen LogP contribution is -2.51. The average molecular weight is 314 g/mol. The molecule has 0 unspecified atom stereocenters. The Labute approximate surface area is 135 Å². The molecule has 1 aromatic carbocycles. The standard InChI is InChI=1S/C18H22N2OS/c1-17(2)15-8-6-11-5-7-12(21-4)9-13(11)18(15,3)10-14-16(17)19-20-22-14/h5,7,9,15H,6,8,10H2,1-4H3/t15-,18+/m0/s1. The van der Waals surface area contributed by atoms with Crippen LogP contribution in [0, 0.1) is 5.92 Å². The number of rotatable bonds is 1. The highest BCUT2D eigenvalue weighted by atomic mass is 32.1. The molecule has 0 aliphatic heterocycles. The third-order valence-electron chi connectivity index (χ3n) is 5.97. The molecule has 0 saturated heterocycles. The van der Waals surface area contributed by atoms with E-state index >= 15 is 0 Å². The van der Waals surface area contributed by atoms with Gasteiger partial charge in [0.1, 0.15) is 5.75 Å². The van der Waals surface area contributed by atoms with Gasteiger partial charge < -0.3 is 4.74 Å². The Balaban J connectivity index is 1.93. The molecule has 4 rings (SSSR count). The summed E-state index contributed by atoms with van der Waals surface area (Å²) in [6.45, 7) is 7.13. The Kier molecular flexibility index (Phi) is 2.93. The Bertz CT molecular complexity index is 736. The number of aryl methyl sites for hydroxylation is 1. The van der Waals surface area contributed by atoms with Crippen LogP contribution in [-0.4, -0.2) is 16.7 Å². The van der Waals surface area contributed by atoms with E-state index in [1.165, 1.54) is 28.1 Å². The highest BCUT2D eigenvalue weighted by molar-refractivity contribution is 7.05. The number of methoxy groups -OCH3 is 1. The van der Waals surface area contributed by atoms with Gasteiger partial charge in [-0.3, -0.25) is 0 Å². The molecule has 2 atom stereocenters. The molecule has 0 saturated carbocycles. The molecule has 0 radical (unpaired) electrons. The molecule has 4 heteroatoms. The van der Waals surface area contributed by atoms with Crippen LogP contribution in [0.4, 0.5) is 0 Å². The van der Waals surface area contributed by atoms with Crippen molar-refractivity contribution >= 4 is 11.5 Å². The molecule has 116 valence electrons. The van der Waals surface area contributed by atoms with Crippen molar-refractivity contribution in [2.75, 3.05) is 7.11 Å². The van der Waals surface area contributed by atoms with E-state index in [9.17, 15) is 0 Å². The molecule has 0 N–H and O–H groups in total. The molecule has 1 heterocycles. The first kappa shape index (κ1) is 14.2. The van der Waals surface area contributed by atoms with Crippen molar-refractivity contribution in [1.82, 2.24) is 9.59 Å². The fourth-order valence-electron chi connectivity index (χ4n) is 4.93. The Hall–Kier alpha value is -1.42. The first-order valence-electron chi connectivity index (χ1n) is 7.96. The smallest absolute Gasteiger partial charge is 0.119 e. The fraction of sp³-hybridized carbons (Fsp3) is 0.556. The molecule has 0 bridgehead atoms. The van der Waals surface area contributed by atoms with Gasteiger partial charge in [0.2, 0.25) is 0 Å². The van der Waals surface area contributed by atoms with Crippen LogP contribution in [0.5, 0.6) is 5.75 Å². The van der Waals surface area contributed by atoms with E-state index in [1.54, 1.807) is 18.6 Å². The van der Waals surface area contributed by atoms with Crippen molar-refractivity contribution in [1.29, 1.82) is 0 Å². The topological polar surface area (TPSA) is 35.0 Å². The molecule has 2 aromatic rings. The summed E-state index contributed by atoms with van der Waals surface area (Å²) in [7, 11) is 1.75. The van der Waals surface area contributed by atoms with Gasteiger partial charge in [0, 0.05) is 10.8 Å². The van der Waals surface area contributed by atoms with Crippen molar-refractivity contribution in [2.24, 2.45) is 5.92 Å². The van der Waals surface area contributed by atoms with Gasteiger partial charge in [0.15, 0.2) is 0 Å². The van der Waals surface area contributed by atoms with E-state index in [0.29, 0.717) is 5.92 Å². The van der Waals surface area contributed by atoms with Gasteiger partial charge in [-0.05, 0) is 60.0 Å². The van der Waals surface area contributed by atoms with E-state index in [1.807, 2.05) is 0 Å². The number of aromatic nitrogens is 2. The van der Waals surface area contributed by atoms with Crippen LogP contribution < -0.4 is 4.74 Å². The molecule has 0 fully saturated rings. The molecular formula is C18H22N2OS. The van der Waals surface area contributed by atoms with Gasteiger partial charge >= 0.3 is 0 Å². The van der Waals surface area contributed by atoms with Crippen molar-refractivity contribution < 1.29 is 4.74 Å². The maximum absolute atomic E-state index is 5.49. The molecule has 0 amide bonds. The van der Waals surface area contributed by atoms with Crippen LogP contribution in [0.2, 0.25) is 0 Å². The maximum atomic E-state index is 5.49. The van der Waals surface area contributed by atoms with Crippen molar-refractivity contribution in [3.63, 3.8) is 0 Å². The lowest BCUT2D eigenvalue weighted by molar-refractivity contribution is 0.137. The number of benzene rings is 1. The summed E-state index contributed by atoms with van der Waals surface area (Å²) in [4.78, 5) is 1.36. The molecule has 22 heavy (non-hydrogen) atoms. The largest absolute Gasteiger partial charge is 0.497 e. The number of hydrogen-bond acceptors (Lipinski definition) is 4. The minimum atomic E-state index is 0.0795. The fourth-order valence-corrected chi connectivity index (χ4v) is 5.90. The second-order valence-electron chi connectivity index (χ2n) is 7.47. The van der Waals surface area contributed by atoms with E-state index in [4.69, 9.17) is 4.74 Å². The zero-order valence-electron chi connectivity index (χ0n) is 13.6. The zero-order chi connectivity index (χ0) is 15.5. The summed E-state index contributed by atoms with van der Waals surface area (Å²) < 4.78 is 9.73. The Morgan fingerprint density at radius 2 is 2.09 bits per heavy atom. The second-order valence-corrected chi connectivity index (χ2v) is 8.31. The van der Waals surface area contributed by atoms with Crippen molar-refractivity contribution in [3.05, 3.63) is 39.9 Å². The second kappa shape index (κ2) is 4.54. The molecule has 0 spiro atoms. The Morgan fingerprint density at radius 1 is 1.27 bits per heavy atom. The minimum Gasteiger partial charge on any atom is -0.497 e. The van der Waals surface area contributed by atoms with E-state index in [2.05, 4.69) is 48.6 Å². The summed E-state index contributed by atoms with van der Waals surface area (Å²) in [5.41, 5.74) is 4.40.